The average Bonchev–Trinajstić information content (AvgIpc) is 2.90. The Labute approximate surface area is 236 Å². The van der Waals surface area contributed by atoms with Gasteiger partial charge in [-0.2, -0.15) is 0 Å². The van der Waals surface area contributed by atoms with E-state index < -0.39 is 5.60 Å². The Bertz CT molecular complexity index is 1150. The van der Waals surface area contributed by atoms with Crippen molar-refractivity contribution in [2.24, 2.45) is 0 Å². The monoisotopic (exact) mass is 561 g/mol. The molecule has 3 aromatic rings. The van der Waals surface area contributed by atoms with E-state index in [2.05, 4.69) is 12.4 Å². The van der Waals surface area contributed by atoms with E-state index >= 15 is 0 Å². The summed E-state index contributed by atoms with van der Waals surface area (Å²) in [6.45, 7) is 3.43. The summed E-state index contributed by atoms with van der Waals surface area (Å²) >= 11 is 12.5. The van der Waals surface area contributed by atoms with Crippen molar-refractivity contribution < 1.29 is 14.4 Å². The molecule has 7 heteroatoms. The van der Waals surface area contributed by atoms with Crippen molar-refractivity contribution in [3.63, 3.8) is 0 Å². The van der Waals surface area contributed by atoms with Crippen LogP contribution in [-0.4, -0.2) is 48.7 Å². The summed E-state index contributed by atoms with van der Waals surface area (Å²) in [5, 5.41) is 15.4. The number of amides is 1. The van der Waals surface area contributed by atoms with Crippen LogP contribution in [0.15, 0.2) is 78.9 Å². The molecule has 0 aromatic heterocycles. The van der Waals surface area contributed by atoms with Gasteiger partial charge in [0.2, 0.25) is 0 Å². The van der Waals surface area contributed by atoms with Gasteiger partial charge in [0.25, 0.3) is 5.91 Å². The molecule has 0 spiro atoms. The maximum atomic E-state index is 12.7. The van der Waals surface area contributed by atoms with E-state index in [1.807, 2.05) is 78.9 Å². The topological polar surface area (TPSA) is 49.3 Å². The zero-order valence-corrected chi connectivity index (χ0v) is 23.5. The number of hydrogen-bond donors (Lipinski definition) is 2. The number of carbonyl (C=O) groups is 1. The molecular formula is C30H36Cl3N2O2+. The molecule has 198 valence electrons. The predicted octanol–water partition coefficient (Wildman–Crippen LogP) is 6.84. The van der Waals surface area contributed by atoms with Crippen LogP contribution in [-0.2, 0) is 5.60 Å². The maximum Gasteiger partial charge on any atom is 0.251 e. The molecule has 1 amide bonds. The van der Waals surface area contributed by atoms with Gasteiger partial charge in [-0.3, -0.25) is 4.79 Å². The lowest BCUT2D eigenvalue weighted by molar-refractivity contribution is -0.917. The van der Waals surface area contributed by atoms with Crippen molar-refractivity contribution in [1.29, 1.82) is 0 Å². The Balaban J connectivity index is 0.00000380. The molecule has 37 heavy (non-hydrogen) atoms. The zero-order chi connectivity index (χ0) is 25.6. The highest BCUT2D eigenvalue weighted by molar-refractivity contribution is 6.42. The van der Waals surface area contributed by atoms with Gasteiger partial charge in [-0.15, -0.1) is 12.4 Å². The third-order valence-corrected chi connectivity index (χ3v) is 8.39. The van der Waals surface area contributed by atoms with Gasteiger partial charge >= 0.3 is 0 Å². The molecule has 3 aromatic carbocycles. The van der Waals surface area contributed by atoms with Crippen LogP contribution in [0, 0.1) is 0 Å². The van der Waals surface area contributed by atoms with Crippen molar-refractivity contribution in [2.75, 3.05) is 33.2 Å². The van der Waals surface area contributed by atoms with E-state index in [4.69, 9.17) is 23.2 Å². The van der Waals surface area contributed by atoms with E-state index in [0.29, 0.717) is 22.2 Å². The Hall–Kier alpha value is -2.08. The number of likely N-dealkylation sites (tertiary alicyclic amines) is 1. The van der Waals surface area contributed by atoms with Gasteiger partial charge in [0.05, 0.1) is 36.7 Å². The van der Waals surface area contributed by atoms with Crippen LogP contribution in [0.1, 0.15) is 53.1 Å². The summed E-state index contributed by atoms with van der Waals surface area (Å²) in [6.07, 6.45) is 3.45. The molecule has 1 saturated heterocycles. The van der Waals surface area contributed by atoms with Gasteiger partial charge in [-0.05, 0) is 48.2 Å². The molecule has 1 aliphatic heterocycles. The third-order valence-electron chi connectivity index (χ3n) is 7.65. The molecule has 0 aliphatic carbocycles. The molecular weight excluding hydrogens is 527 g/mol. The SMILES string of the molecule is C[N+]1(CCCC(CNC(=O)c2ccccc2)c2ccc(Cl)c(Cl)c2)CCC(O)(c2ccccc2)CC1.Cl. The maximum absolute atomic E-state index is 12.7. The number of quaternary nitrogens is 1. The molecule has 0 radical (unpaired) electrons. The number of piperidine rings is 1. The number of nitrogens with one attached hydrogen (secondary N) is 1. The smallest absolute Gasteiger partial charge is 0.251 e. The Morgan fingerprint density at radius 3 is 2.22 bits per heavy atom. The number of benzene rings is 3. The van der Waals surface area contributed by atoms with E-state index in [0.717, 1.165) is 60.9 Å². The Morgan fingerprint density at radius 2 is 1.59 bits per heavy atom. The van der Waals surface area contributed by atoms with Gasteiger partial charge in [-0.25, -0.2) is 0 Å². The highest BCUT2D eigenvalue weighted by atomic mass is 35.5. The average molecular weight is 563 g/mol. The van der Waals surface area contributed by atoms with Crippen LogP contribution in [0.2, 0.25) is 10.0 Å². The molecule has 1 fully saturated rings. The summed E-state index contributed by atoms with van der Waals surface area (Å²) in [5.74, 6) is 0.0564. The summed E-state index contributed by atoms with van der Waals surface area (Å²) < 4.78 is 0.944. The largest absolute Gasteiger partial charge is 0.385 e. The van der Waals surface area contributed by atoms with Crippen LogP contribution in [0.4, 0.5) is 0 Å². The van der Waals surface area contributed by atoms with Gasteiger partial charge in [0.1, 0.15) is 5.60 Å². The standard InChI is InChI=1S/C30H34Cl2N2O2.ClH/c1-34(19-16-30(36,17-20-34)26-12-6-3-7-13-26)18-8-11-25(24-14-15-27(31)28(32)21-24)22-33-29(35)23-9-4-2-5-10-23;/h2-7,9-10,12-15,21,25,36H,8,11,16-20,22H2,1H3;1H/p+1. The number of rotatable bonds is 9. The van der Waals surface area contributed by atoms with Crippen molar-refractivity contribution in [3.8, 4) is 0 Å². The fourth-order valence-electron chi connectivity index (χ4n) is 5.19. The quantitative estimate of drug-likeness (QED) is 0.281. The molecule has 4 nitrogen and oxygen atoms in total. The second kappa shape index (κ2) is 13.1. The first kappa shape index (κ1) is 29.5. The summed E-state index contributed by atoms with van der Waals surface area (Å²) in [7, 11) is 2.29. The highest BCUT2D eigenvalue weighted by Gasteiger charge is 2.40. The normalized spacial score (nSPS) is 22.1. The van der Waals surface area contributed by atoms with Crippen LogP contribution < -0.4 is 5.32 Å². The molecule has 2 N–H and O–H groups in total. The lowest BCUT2D eigenvalue weighted by Gasteiger charge is -2.44. The van der Waals surface area contributed by atoms with Gasteiger partial charge in [-0.1, -0.05) is 77.8 Å². The summed E-state index contributed by atoms with van der Waals surface area (Å²) in [6, 6.07) is 25.1. The van der Waals surface area contributed by atoms with E-state index in [1.54, 1.807) is 0 Å². The van der Waals surface area contributed by atoms with Gasteiger partial charge < -0.3 is 14.9 Å². The molecule has 4 rings (SSSR count). The summed E-state index contributed by atoms with van der Waals surface area (Å²) in [5.41, 5.74) is 2.02. The fraction of sp³-hybridized carbons (Fsp3) is 0.367. The minimum Gasteiger partial charge on any atom is -0.385 e. The molecule has 0 saturated carbocycles. The highest BCUT2D eigenvalue weighted by Crippen LogP contribution is 2.35. The molecule has 1 aliphatic rings. The predicted molar refractivity (Wildman–Crippen MR) is 155 cm³/mol. The van der Waals surface area contributed by atoms with Crippen molar-refractivity contribution >= 4 is 41.5 Å². The number of aliphatic hydroxyl groups is 1. The second-order valence-electron chi connectivity index (χ2n) is 10.3. The summed E-state index contributed by atoms with van der Waals surface area (Å²) in [4.78, 5) is 12.7. The fourth-order valence-corrected chi connectivity index (χ4v) is 5.49. The molecule has 1 unspecified atom stereocenters. The van der Waals surface area contributed by atoms with E-state index in [1.165, 1.54) is 0 Å². The second-order valence-corrected chi connectivity index (χ2v) is 11.1. The Kier molecular flexibility index (Phi) is 10.5. The van der Waals surface area contributed by atoms with Crippen molar-refractivity contribution in [3.05, 3.63) is 106 Å². The molecule has 1 heterocycles. The van der Waals surface area contributed by atoms with Crippen molar-refractivity contribution in [2.45, 2.75) is 37.2 Å². The van der Waals surface area contributed by atoms with Crippen LogP contribution in [0.3, 0.4) is 0 Å². The molecule has 0 bridgehead atoms. The van der Waals surface area contributed by atoms with E-state index in [-0.39, 0.29) is 24.2 Å². The lowest BCUT2D eigenvalue weighted by Crippen LogP contribution is -2.54. The van der Waals surface area contributed by atoms with Gasteiger partial charge in [0.15, 0.2) is 0 Å². The number of hydrogen-bond acceptors (Lipinski definition) is 2. The van der Waals surface area contributed by atoms with Crippen molar-refractivity contribution in [1.82, 2.24) is 5.32 Å². The van der Waals surface area contributed by atoms with Crippen LogP contribution in [0.5, 0.6) is 0 Å². The Morgan fingerprint density at radius 1 is 0.973 bits per heavy atom. The molecule has 1 atom stereocenters. The minimum absolute atomic E-state index is 0. The van der Waals surface area contributed by atoms with E-state index in [9.17, 15) is 9.90 Å². The first-order chi connectivity index (χ1) is 17.3. The van der Waals surface area contributed by atoms with Crippen LogP contribution in [0.25, 0.3) is 0 Å². The number of nitrogens with zero attached hydrogens (tertiary/aromatic N) is 1. The first-order valence-electron chi connectivity index (χ1n) is 12.7. The minimum atomic E-state index is -0.733. The zero-order valence-electron chi connectivity index (χ0n) is 21.2. The number of carbonyl (C=O) groups excluding carboxylic acids is 1. The lowest BCUT2D eigenvalue weighted by atomic mass is 9.83. The first-order valence-corrected chi connectivity index (χ1v) is 13.4. The third kappa shape index (κ3) is 7.72. The van der Waals surface area contributed by atoms with Gasteiger partial charge in [0, 0.05) is 30.9 Å². The van der Waals surface area contributed by atoms with Crippen LogP contribution >= 0.6 is 35.6 Å². The number of halogens is 3.